The lowest BCUT2D eigenvalue weighted by Gasteiger charge is -2.10. The summed E-state index contributed by atoms with van der Waals surface area (Å²) in [6.07, 6.45) is 0. The molecule has 0 spiro atoms. The molecule has 4 N–H and O–H groups in total. The van der Waals surface area contributed by atoms with Crippen molar-refractivity contribution in [2.45, 2.75) is 18.7 Å². The van der Waals surface area contributed by atoms with Crippen LogP contribution < -0.4 is 15.8 Å². The molecule has 0 unspecified atom stereocenters. The van der Waals surface area contributed by atoms with Crippen LogP contribution in [-0.2, 0) is 10.0 Å². The smallest absolute Gasteiger partial charge is 0.328 e. The zero-order valence-corrected chi connectivity index (χ0v) is 11.5. The summed E-state index contributed by atoms with van der Waals surface area (Å²) >= 11 is 5.84. The monoisotopic (exact) mass is 291 g/mol. The van der Waals surface area contributed by atoms with Gasteiger partial charge in [-0.1, -0.05) is 11.6 Å². The third kappa shape index (κ3) is 3.27. The topological polar surface area (TPSA) is 101 Å². The Morgan fingerprint density at radius 2 is 2.06 bits per heavy atom. The highest BCUT2D eigenvalue weighted by molar-refractivity contribution is 7.90. The molecule has 6 nitrogen and oxygen atoms in total. The highest BCUT2D eigenvalue weighted by Crippen LogP contribution is 2.26. The van der Waals surface area contributed by atoms with Crippen molar-refractivity contribution >= 4 is 33.3 Å². The van der Waals surface area contributed by atoms with E-state index in [-0.39, 0.29) is 10.6 Å². The molecule has 0 aliphatic rings. The van der Waals surface area contributed by atoms with Crippen LogP contribution in [0.25, 0.3) is 0 Å². The number of aryl methyl sites for hydroxylation is 1. The number of benzene rings is 1. The lowest BCUT2D eigenvalue weighted by molar-refractivity contribution is 0.246. The summed E-state index contributed by atoms with van der Waals surface area (Å²) in [4.78, 5) is 11.1. The number of amides is 2. The van der Waals surface area contributed by atoms with Crippen LogP contribution in [0.4, 0.5) is 10.5 Å². The fourth-order valence-electron chi connectivity index (χ4n) is 1.30. The maximum Gasteiger partial charge on any atom is 0.328 e. The van der Waals surface area contributed by atoms with Gasteiger partial charge in [0.05, 0.1) is 15.6 Å². The Labute approximate surface area is 111 Å². The fraction of sp³-hybridized carbons (Fsp3) is 0.300. The third-order valence-corrected chi connectivity index (χ3v) is 3.96. The van der Waals surface area contributed by atoms with Gasteiger partial charge in [-0.05, 0) is 31.5 Å². The number of urea groups is 1. The van der Waals surface area contributed by atoms with Gasteiger partial charge < -0.3 is 11.1 Å². The number of anilines is 1. The van der Waals surface area contributed by atoms with Crippen LogP contribution in [0.3, 0.4) is 0 Å². The SMILES string of the molecule is CCNC(=O)NS(=O)(=O)c1cc(C)c(Cl)c(N)c1. The maximum atomic E-state index is 11.9. The lowest BCUT2D eigenvalue weighted by atomic mass is 10.2. The molecule has 0 aliphatic heterocycles. The molecule has 18 heavy (non-hydrogen) atoms. The van der Waals surface area contributed by atoms with Crippen LogP contribution in [0.15, 0.2) is 17.0 Å². The molecular weight excluding hydrogens is 278 g/mol. The van der Waals surface area contributed by atoms with Crippen LogP contribution >= 0.6 is 11.6 Å². The van der Waals surface area contributed by atoms with E-state index >= 15 is 0 Å². The Kier molecular flexibility index (Phi) is 4.42. The largest absolute Gasteiger partial charge is 0.397 e. The summed E-state index contributed by atoms with van der Waals surface area (Å²) in [5, 5.41) is 2.62. The average Bonchev–Trinajstić information content (AvgIpc) is 2.24. The second-order valence-electron chi connectivity index (χ2n) is 3.61. The van der Waals surface area contributed by atoms with Gasteiger partial charge in [-0.25, -0.2) is 17.9 Å². The summed E-state index contributed by atoms with van der Waals surface area (Å²) in [6.45, 7) is 3.63. The second-order valence-corrected chi connectivity index (χ2v) is 5.67. The summed E-state index contributed by atoms with van der Waals surface area (Å²) < 4.78 is 25.6. The number of carbonyl (C=O) groups is 1. The molecule has 0 radical (unpaired) electrons. The van der Waals surface area contributed by atoms with E-state index in [0.717, 1.165) is 0 Å². The Hall–Kier alpha value is -1.47. The maximum absolute atomic E-state index is 11.9. The van der Waals surface area contributed by atoms with Crippen LogP contribution in [0.2, 0.25) is 5.02 Å². The van der Waals surface area contributed by atoms with Crippen LogP contribution in [0, 0.1) is 6.92 Å². The molecule has 0 saturated carbocycles. The quantitative estimate of drug-likeness (QED) is 0.729. The molecule has 1 aromatic carbocycles. The van der Waals surface area contributed by atoms with E-state index in [9.17, 15) is 13.2 Å². The fourth-order valence-corrected chi connectivity index (χ4v) is 2.45. The van der Waals surface area contributed by atoms with Gasteiger partial charge in [-0.3, -0.25) is 0 Å². The minimum absolute atomic E-state index is 0.104. The first-order valence-electron chi connectivity index (χ1n) is 5.14. The number of halogens is 1. The van der Waals surface area contributed by atoms with Gasteiger partial charge in [0.15, 0.2) is 0 Å². The third-order valence-electron chi connectivity index (χ3n) is 2.13. The molecule has 0 heterocycles. The molecule has 0 aliphatic carbocycles. The Morgan fingerprint density at radius 3 is 2.56 bits per heavy atom. The molecule has 2 amide bonds. The minimum atomic E-state index is -3.94. The van der Waals surface area contributed by atoms with E-state index in [2.05, 4.69) is 5.32 Å². The molecule has 0 bridgehead atoms. The summed E-state index contributed by atoms with van der Waals surface area (Å²) in [7, 11) is -3.94. The first-order valence-corrected chi connectivity index (χ1v) is 7.00. The zero-order chi connectivity index (χ0) is 13.9. The van der Waals surface area contributed by atoms with Gasteiger partial charge in [-0.2, -0.15) is 0 Å². The van der Waals surface area contributed by atoms with Crippen molar-refractivity contribution in [2.24, 2.45) is 0 Å². The second kappa shape index (κ2) is 5.45. The number of hydrogen-bond acceptors (Lipinski definition) is 4. The van der Waals surface area contributed by atoms with Crippen molar-refractivity contribution in [2.75, 3.05) is 12.3 Å². The molecule has 0 atom stereocenters. The Morgan fingerprint density at radius 1 is 1.44 bits per heavy atom. The molecule has 0 fully saturated rings. The highest BCUT2D eigenvalue weighted by atomic mass is 35.5. The van der Waals surface area contributed by atoms with E-state index in [1.54, 1.807) is 13.8 Å². The molecule has 8 heteroatoms. The van der Waals surface area contributed by atoms with E-state index in [4.69, 9.17) is 17.3 Å². The van der Waals surface area contributed by atoms with Crippen molar-refractivity contribution in [3.8, 4) is 0 Å². The van der Waals surface area contributed by atoms with Gasteiger partial charge >= 0.3 is 6.03 Å². The zero-order valence-electron chi connectivity index (χ0n) is 9.95. The number of rotatable bonds is 3. The highest BCUT2D eigenvalue weighted by Gasteiger charge is 2.19. The van der Waals surface area contributed by atoms with E-state index < -0.39 is 16.1 Å². The van der Waals surface area contributed by atoms with Crippen LogP contribution in [0.1, 0.15) is 12.5 Å². The van der Waals surface area contributed by atoms with Crippen molar-refractivity contribution < 1.29 is 13.2 Å². The molecular formula is C10H14ClN3O3S. The predicted molar refractivity (Wildman–Crippen MR) is 70.0 cm³/mol. The molecule has 0 aromatic heterocycles. The van der Waals surface area contributed by atoms with Crippen molar-refractivity contribution in [1.82, 2.24) is 10.0 Å². The number of nitrogens with one attached hydrogen (secondary N) is 2. The van der Waals surface area contributed by atoms with Crippen molar-refractivity contribution in [3.05, 3.63) is 22.7 Å². The standard InChI is InChI=1S/C10H14ClN3O3S/c1-3-13-10(15)14-18(16,17)7-4-6(2)9(11)8(12)5-7/h4-5H,3,12H2,1-2H3,(H2,13,14,15). The number of sulfonamides is 1. The van der Waals surface area contributed by atoms with Crippen LogP contribution in [-0.4, -0.2) is 21.0 Å². The first-order chi connectivity index (χ1) is 8.27. The molecule has 100 valence electrons. The van der Waals surface area contributed by atoms with Gasteiger partial charge in [0, 0.05) is 6.54 Å². The lowest BCUT2D eigenvalue weighted by Crippen LogP contribution is -2.39. The van der Waals surface area contributed by atoms with Gasteiger partial charge in [0.2, 0.25) is 0 Å². The average molecular weight is 292 g/mol. The van der Waals surface area contributed by atoms with Gasteiger partial charge in [0.1, 0.15) is 0 Å². The Bertz CT molecular complexity index is 549. The minimum Gasteiger partial charge on any atom is -0.397 e. The molecule has 0 saturated heterocycles. The van der Waals surface area contributed by atoms with E-state index in [1.165, 1.54) is 12.1 Å². The van der Waals surface area contributed by atoms with Crippen molar-refractivity contribution in [1.29, 1.82) is 0 Å². The number of carbonyl (C=O) groups excluding carboxylic acids is 1. The number of nitrogens with two attached hydrogens (primary N) is 1. The Balaban J connectivity index is 3.10. The molecule has 1 rings (SSSR count). The summed E-state index contributed by atoms with van der Waals surface area (Å²) in [5.74, 6) is 0. The normalized spacial score (nSPS) is 11.1. The van der Waals surface area contributed by atoms with E-state index in [1.807, 2.05) is 4.72 Å². The van der Waals surface area contributed by atoms with Gasteiger partial charge in [0.25, 0.3) is 10.0 Å². The summed E-state index contributed by atoms with van der Waals surface area (Å²) in [5.41, 5.74) is 6.25. The van der Waals surface area contributed by atoms with Gasteiger partial charge in [-0.15, -0.1) is 0 Å². The number of hydrogen-bond donors (Lipinski definition) is 3. The predicted octanol–water partition coefficient (Wildman–Crippen LogP) is 1.24. The van der Waals surface area contributed by atoms with Crippen LogP contribution in [0.5, 0.6) is 0 Å². The summed E-state index contributed by atoms with van der Waals surface area (Å²) in [6, 6.07) is 1.76. The van der Waals surface area contributed by atoms with E-state index in [0.29, 0.717) is 17.1 Å². The molecule has 1 aromatic rings. The number of nitrogen functional groups attached to an aromatic ring is 1. The van der Waals surface area contributed by atoms with Crippen molar-refractivity contribution in [3.63, 3.8) is 0 Å². The first kappa shape index (κ1) is 14.6.